The normalized spacial score (nSPS) is 20.1. The number of carbonyl (C=O) groups excluding carboxylic acids is 2. The molecule has 0 aromatic carbocycles. The zero-order chi connectivity index (χ0) is 42.5. The van der Waals surface area contributed by atoms with Gasteiger partial charge in [0.15, 0.2) is 18.5 Å². The Hall–Kier alpha value is -2.05. The Morgan fingerprint density at radius 2 is 0.914 bits per heavy atom. The summed E-state index contributed by atoms with van der Waals surface area (Å²) in [6, 6.07) is 0. The molecule has 6 atom stereocenters. The van der Waals surface area contributed by atoms with E-state index in [1.165, 1.54) is 135 Å². The van der Waals surface area contributed by atoms with Crippen LogP contribution < -0.4 is 0 Å². The summed E-state index contributed by atoms with van der Waals surface area (Å²) in [5, 5.41) is 39.8. The fraction of sp³-hybridized carbons (Fsp3) is 0.894. The molecule has 0 aromatic heterocycles. The maximum atomic E-state index is 12.8. The third-order valence-corrected chi connectivity index (χ3v) is 11.1. The Morgan fingerprint density at radius 3 is 1.34 bits per heavy atom. The molecule has 0 radical (unpaired) electrons. The molecule has 4 N–H and O–H groups in total. The minimum atomic E-state index is -1.86. The molecule has 0 saturated carbocycles. The summed E-state index contributed by atoms with van der Waals surface area (Å²) in [5.41, 5.74) is 0. The average Bonchev–Trinajstić information content (AvgIpc) is 3.21. The molecule has 11 heteroatoms. The van der Waals surface area contributed by atoms with Crippen molar-refractivity contribution in [3.05, 3.63) is 12.2 Å². The van der Waals surface area contributed by atoms with E-state index in [0.717, 1.165) is 44.9 Å². The highest BCUT2D eigenvalue weighted by Gasteiger charge is 2.47. The van der Waals surface area contributed by atoms with Crippen LogP contribution in [-0.2, 0) is 33.3 Å². The van der Waals surface area contributed by atoms with Gasteiger partial charge in [-0.3, -0.25) is 9.59 Å². The van der Waals surface area contributed by atoms with E-state index in [1.54, 1.807) is 0 Å². The van der Waals surface area contributed by atoms with Gasteiger partial charge in [-0.1, -0.05) is 180 Å². The van der Waals surface area contributed by atoms with E-state index in [2.05, 4.69) is 26.0 Å². The van der Waals surface area contributed by atoms with Gasteiger partial charge in [-0.2, -0.15) is 0 Å². The molecule has 0 aromatic rings. The fourth-order valence-corrected chi connectivity index (χ4v) is 7.35. The maximum absolute atomic E-state index is 12.8. The average molecular weight is 827 g/mol. The number of aliphatic carboxylic acids is 1. The summed E-state index contributed by atoms with van der Waals surface area (Å²) in [7, 11) is 0. The third-order valence-electron chi connectivity index (χ3n) is 11.1. The predicted octanol–water partition coefficient (Wildman–Crippen LogP) is 10.4. The first-order chi connectivity index (χ1) is 28.2. The predicted molar refractivity (Wildman–Crippen MR) is 229 cm³/mol. The van der Waals surface area contributed by atoms with Crippen LogP contribution in [0.15, 0.2) is 12.2 Å². The summed E-state index contributed by atoms with van der Waals surface area (Å²) in [6.07, 6.45) is 31.1. The van der Waals surface area contributed by atoms with E-state index >= 15 is 0 Å². The largest absolute Gasteiger partial charge is 0.479 e. The van der Waals surface area contributed by atoms with Gasteiger partial charge in [0, 0.05) is 12.8 Å². The molecule has 1 aliphatic heterocycles. The summed E-state index contributed by atoms with van der Waals surface area (Å²) in [5.74, 6) is -2.43. The molecule has 1 fully saturated rings. The van der Waals surface area contributed by atoms with E-state index in [4.69, 9.17) is 18.9 Å². The van der Waals surface area contributed by atoms with Gasteiger partial charge < -0.3 is 39.4 Å². The molecule has 1 aliphatic rings. The van der Waals surface area contributed by atoms with E-state index in [1.807, 2.05) is 0 Å². The van der Waals surface area contributed by atoms with Crippen LogP contribution >= 0.6 is 0 Å². The van der Waals surface area contributed by atoms with E-state index in [9.17, 15) is 34.8 Å². The number of aliphatic hydroxyl groups is 3. The van der Waals surface area contributed by atoms with Crippen molar-refractivity contribution in [1.82, 2.24) is 0 Å². The summed E-state index contributed by atoms with van der Waals surface area (Å²) in [4.78, 5) is 36.9. The molecule has 11 nitrogen and oxygen atoms in total. The maximum Gasteiger partial charge on any atom is 0.335 e. The van der Waals surface area contributed by atoms with Gasteiger partial charge in [-0.15, -0.1) is 0 Å². The Balaban J connectivity index is 2.33. The van der Waals surface area contributed by atoms with Crippen molar-refractivity contribution in [1.29, 1.82) is 0 Å². The van der Waals surface area contributed by atoms with Crippen molar-refractivity contribution in [2.24, 2.45) is 0 Å². The number of rotatable bonds is 40. The lowest BCUT2D eigenvalue weighted by molar-refractivity contribution is -0.298. The third kappa shape index (κ3) is 29.2. The second kappa shape index (κ2) is 37.9. The highest BCUT2D eigenvalue weighted by molar-refractivity contribution is 5.73. The Morgan fingerprint density at radius 1 is 0.517 bits per heavy atom. The second-order valence-corrected chi connectivity index (χ2v) is 16.6. The number of carbonyl (C=O) groups is 3. The zero-order valence-electron chi connectivity index (χ0n) is 36.8. The number of carboxylic acids is 1. The van der Waals surface area contributed by atoms with Crippen LogP contribution in [0, 0.1) is 0 Å². The van der Waals surface area contributed by atoms with Gasteiger partial charge in [0.25, 0.3) is 0 Å². The van der Waals surface area contributed by atoms with Crippen molar-refractivity contribution in [3.8, 4) is 0 Å². The van der Waals surface area contributed by atoms with Crippen molar-refractivity contribution >= 4 is 17.9 Å². The molecule has 0 bridgehead atoms. The first-order valence-electron chi connectivity index (χ1n) is 23.7. The zero-order valence-corrected chi connectivity index (χ0v) is 36.8. The molecule has 1 saturated heterocycles. The standard InChI is InChI=1S/C47H86O11/c1-3-5-7-9-11-13-15-17-19-20-22-23-25-27-29-31-33-35-40(48)55-37-39(38-56-47-44(52)42(50)43(51)45(58-47)46(53)54)57-41(49)36-34-32-30-28-26-24-21-18-16-14-12-10-8-6-4-2/h17,19,39,42-45,47,50-52H,3-16,18,20-38H2,1-2H3,(H,53,54)/b19-17-. The number of aliphatic hydroxyl groups excluding tert-OH is 3. The first kappa shape index (κ1) is 54.0. The fourth-order valence-electron chi connectivity index (χ4n) is 7.35. The minimum absolute atomic E-state index is 0.188. The highest BCUT2D eigenvalue weighted by Crippen LogP contribution is 2.23. The van der Waals surface area contributed by atoms with E-state index in [0.29, 0.717) is 12.8 Å². The van der Waals surface area contributed by atoms with Crippen LogP contribution in [0.25, 0.3) is 0 Å². The lowest BCUT2D eigenvalue weighted by Crippen LogP contribution is -2.60. The minimum Gasteiger partial charge on any atom is -0.479 e. The molecular formula is C47H86O11. The SMILES string of the molecule is CCCCCCCC/C=C\CCCCCCCCCC(=O)OCC(COC1OC(C(=O)O)C(O)C(O)C1O)OC(=O)CCCCCCCCCCCCCCCCC. The van der Waals surface area contributed by atoms with Crippen LogP contribution in [0.3, 0.4) is 0 Å². The van der Waals surface area contributed by atoms with Crippen LogP contribution in [0.2, 0.25) is 0 Å². The quantitative estimate of drug-likeness (QED) is 0.0263. The Bertz CT molecular complexity index is 1020. The van der Waals surface area contributed by atoms with Gasteiger partial charge in [0.05, 0.1) is 6.61 Å². The highest BCUT2D eigenvalue weighted by atomic mass is 16.7. The summed E-state index contributed by atoms with van der Waals surface area (Å²) < 4.78 is 21.8. The number of unbranched alkanes of at least 4 members (excludes halogenated alkanes) is 27. The van der Waals surface area contributed by atoms with Crippen molar-refractivity contribution in [2.75, 3.05) is 13.2 Å². The van der Waals surface area contributed by atoms with Gasteiger partial charge >= 0.3 is 17.9 Å². The smallest absolute Gasteiger partial charge is 0.335 e. The number of esters is 2. The van der Waals surface area contributed by atoms with Gasteiger partial charge in [0.2, 0.25) is 0 Å². The van der Waals surface area contributed by atoms with Crippen molar-refractivity contribution < 1.29 is 53.8 Å². The molecular weight excluding hydrogens is 741 g/mol. The topological polar surface area (TPSA) is 169 Å². The molecule has 6 unspecified atom stereocenters. The molecule has 0 spiro atoms. The van der Waals surface area contributed by atoms with E-state index in [-0.39, 0.29) is 26.1 Å². The van der Waals surface area contributed by atoms with Gasteiger partial charge in [0.1, 0.15) is 24.9 Å². The van der Waals surface area contributed by atoms with Crippen molar-refractivity contribution in [2.45, 2.75) is 256 Å². The van der Waals surface area contributed by atoms with Crippen LogP contribution in [0.1, 0.15) is 219 Å². The van der Waals surface area contributed by atoms with Crippen LogP contribution in [0.5, 0.6) is 0 Å². The monoisotopic (exact) mass is 827 g/mol. The Kier molecular flexibility index (Phi) is 35.3. The molecule has 1 heterocycles. The molecule has 0 aliphatic carbocycles. The second-order valence-electron chi connectivity index (χ2n) is 16.6. The number of hydrogen-bond acceptors (Lipinski definition) is 10. The number of ether oxygens (including phenoxy) is 4. The van der Waals surface area contributed by atoms with Crippen molar-refractivity contribution in [3.63, 3.8) is 0 Å². The first-order valence-corrected chi connectivity index (χ1v) is 23.7. The Labute approximate surface area is 352 Å². The number of allylic oxidation sites excluding steroid dienone is 2. The molecule has 0 amide bonds. The number of carboxylic acid groups (broad SMARTS) is 1. The van der Waals surface area contributed by atoms with Crippen LogP contribution in [0.4, 0.5) is 0 Å². The van der Waals surface area contributed by atoms with Gasteiger partial charge in [-0.25, -0.2) is 4.79 Å². The van der Waals surface area contributed by atoms with E-state index < -0.39 is 54.7 Å². The molecule has 340 valence electrons. The number of hydrogen-bond donors (Lipinski definition) is 4. The summed E-state index contributed by atoms with van der Waals surface area (Å²) in [6.45, 7) is 3.83. The van der Waals surface area contributed by atoms with Crippen LogP contribution in [-0.4, -0.2) is 88.4 Å². The molecule has 1 rings (SSSR count). The lowest BCUT2D eigenvalue weighted by Gasteiger charge is -2.38. The van der Waals surface area contributed by atoms with Gasteiger partial charge in [-0.05, 0) is 38.5 Å². The molecule has 58 heavy (non-hydrogen) atoms. The summed E-state index contributed by atoms with van der Waals surface area (Å²) >= 11 is 0. The lowest BCUT2D eigenvalue weighted by atomic mass is 9.99.